The van der Waals surface area contributed by atoms with Gasteiger partial charge in [-0.25, -0.2) is 18.2 Å². The van der Waals surface area contributed by atoms with E-state index < -0.39 is 16.0 Å². The number of anilines is 1. The van der Waals surface area contributed by atoms with Crippen LogP contribution in [0.15, 0.2) is 53.7 Å². The molecule has 0 radical (unpaired) electrons. The molecular weight excluding hydrogens is 432 g/mol. The Morgan fingerprint density at radius 3 is 2.22 bits per heavy atom. The average molecular weight is 457 g/mol. The Labute approximate surface area is 186 Å². The van der Waals surface area contributed by atoms with Gasteiger partial charge in [0.05, 0.1) is 17.1 Å². The lowest BCUT2D eigenvalue weighted by molar-refractivity contribution is 0.0526. The molecule has 4 rings (SSSR count). The van der Waals surface area contributed by atoms with Crippen LogP contribution < -0.4 is 4.90 Å². The number of ether oxygens (including phenoxy) is 1. The van der Waals surface area contributed by atoms with E-state index in [9.17, 15) is 13.2 Å². The van der Waals surface area contributed by atoms with Crippen LogP contribution in [-0.2, 0) is 14.8 Å². The summed E-state index contributed by atoms with van der Waals surface area (Å²) >= 11 is 0. The molecule has 3 heterocycles. The molecule has 10 nitrogen and oxygen atoms in total. The van der Waals surface area contributed by atoms with Crippen molar-refractivity contribution in [3.63, 3.8) is 0 Å². The van der Waals surface area contributed by atoms with E-state index >= 15 is 0 Å². The lowest BCUT2D eigenvalue weighted by Gasteiger charge is -2.34. The van der Waals surface area contributed by atoms with Crippen molar-refractivity contribution in [3.8, 4) is 5.82 Å². The van der Waals surface area contributed by atoms with E-state index in [1.165, 1.54) is 28.6 Å². The van der Waals surface area contributed by atoms with Crippen LogP contribution in [0.3, 0.4) is 0 Å². The molecule has 11 heteroatoms. The molecule has 0 unspecified atom stereocenters. The molecule has 0 atom stereocenters. The predicted molar refractivity (Wildman–Crippen MR) is 117 cm³/mol. The molecular formula is C21H24N6O4S. The van der Waals surface area contributed by atoms with Gasteiger partial charge in [0.15, 0.2) is 11.6 Å². The summed E-state index contributed by atoms with van der Waals surface area (Å²) in [7, 11) is -3.66. The molecule has 1 aromatic carbocycles. The molecule has 1 aliphatic rings. The first-order chi connectivity index (χ1) is 15.4. The van der Waals surface area contributed by atoms with Gasteiger partial charge in [-0.1, -0.05) is 0 Å². The van der Waals surface area contributed by atoms with Crippen molar-refractivity contribution in [2.24, 2.45) is 0 Å². The third-order valence-corrected chi connectivity index (χ3v) is 7.19. The number of hydrogen-bond donors (Lipinski definition) is 0. The van der Waals surface area contributed by atoms with E-state index in [0.717, 1.165) is 5.82 Å². The van der Waals surface area contributed by atoms with E-state index in [1.54, 1.807) is 13.1 Å². The molecule has 32 heavy (non-hydrogen) atoms. The van der Waals surface area contributed by atoms with Gasteiger partial charge in [0.25, 0.3) is 0 Å². The Morgan fingerprint density at radius 1 is 1.00 bits per heavy atom. The predicted octanol–water partition coefficient (Wildman–Crippen LogP) is 1.66. The summed E-state index contributed by atoms with van der Waals surface area (Å²) in [6, 6.07) is 9.57. The van der Waals surface area contributed by atoms with Crippen LogP contribution in [0, 0.1) is 6.92 Å². The summed E-state index contributed by atoms with van der Waals surface area (Å²) in [5, 5.41) is 8.57. The van der Waals surface area contributed by atoms with Crippen molar-refractivity contribution in [2.75, 3.05) is 37.7 Å². The van der Waals surface area contributed by atoms with Crippen LogP contribution in [-0.4, -0.2) is 71.2 Å². The van der Waals surface area contributed by atoms with Gasteiger partial charge in [-0.3, -0.25) is 4.57 Å². The third kappa shape index (κ3) is 4.34. The van der Waals surface area contributed by atoms with Gasteiger partial charge in [0.1, 0.15) is 5.82 Å². The number of hydrogen-bond acceptors (Lipinski definition) is 8. The number of sulfonamides is 1. The van der Waals surface area contributed by atoms with Gasteiger partial charge in [0.2, 0.25) is 10.0 Å². The van der Waals surface area contributed by atoms with Gasteiger partial charge in [-0.05, 0) is 50.2 Å². The van der Waals surface area contributed by atoms with Crippen LogP contribution in [0.4, 0.5) is 5.82 Å². The number of piperazine rings is 1. The molecule has 0 amide bonds. The number of aromatic nitrogens is 4. The Balaban J connectivity index is 1.40. The number of benzene rings is 1. The number of carbonyl (C=O) groups excluding carboxylic acids is 1. The minimum atomic E-state index is -3.66. The summed E-state index contributed by atoms with van der Waals surface area (Å²) in [4.78, 5) is 18.1. The van der Waals surface area contributed by atoms with Gasteiger partial charge < -0.3 is 9.64 Å². The number of aryl methyl sites for hydroxylation is 1. The molecule has 1 aliphatic heterocycles. The zero-order chi connectivity index (χ0) is 22.7. The minimum absolute atomic E-state index is 0.152. The average Bonchev–Trinajstić information content (AvgIpc) is 3.25. The highest BCUT2D eigenvalue weighted by Crippen LogP contribution is 2.21. The molecule has 1 saturated heterocycles. The molecule has 0 aliphatic carbocycles. The van der Waals surface area contributed by atoms with Crippen LogP contribution in [0.1, 0.15) is 23.1 Å². The zero-order valence-corrected chi connectivity index (χ0v) is 18.7. The van der Waals surface area contributed by atoms with Crippen LogP contribution in [0.2, 0.25) is 0 Å². The maximum absolute atomic E-state index is 13.0. The maximum Gasteiger partial charge on any atom is 0.338 e. The number of carbonyl (C=O) groups is 1. The Hall–Kier alpha value is -3.31. The first-order valence-electron chi connectivity index (χ1n) is 10.3. The van der Waals surface area contributed by atoms with E-state index in [0.29, 0.717) is 43.4 Å². The fourth-order valence-corrected chi connectivity index (χ4v) is 4.94. The number of esters is 1. The van der Waals surface area contributed by atoms with E-state index in [-0.39, 0.29) is 11.5 Å². The molecule has 1 fully saturated rings. The fraction of sp³-hybridized carbons (Fsp3) is 0.333. The number of imidazole rings is 1. The highest BCUT2D eigenvalue weighted by Gasteiger charge is 2.29. The summed E-state index contributed by atoms with van der Waals surface area (Å²) in [6.45, 7) is 5.52. The maximum atomic E-state index is 13.0. The SMILES string of the molecule is CCOC(=O)c1ccc(S(=O)(=O)N2CCN(c3ccc(-n4ccnc4C)nn3)CC2)cc1. The second-order valence-electron chi connectivity index (χ2n) is 7.23. The summed E-state index contributed by atoms with van der Waals surface area (Å²) in [5.41, 5.74) is 0.323. The summed E-state index contributed by atoms with van der Waals surface area (Å²) < 4.78 is 34.2. The molecule has 168 valence electrons. The quantitative estimate of drug-likeness (QED) is 0.515. The van der Waals surface area contributed by atoms with Gasteiger partial charge in [-0.2, -0.15) is 4.31 Å². The van der Waals surface area contributed by atoms with E-state index in [4.69, 9.17) is 4.74 Å². The van der Waals surface area contributed by atoms with E-state index in [1.807, 2.05) is 34.7 Å². The normalized spacial score (nSPS) is 15.0. The Morgan fingerprint density at radius 2 is 1.66 bits per heavy atom. The topological polar surface area (TPSA) is 111 Å². The van der Waals surface area contributed by atoms with Crippen LogP contribution in [0.5, 0.6) is 0 Å². The van der Waals surface area contributed by atoms with Crippen molar-refractivity contribution in [1.29, 1.82) is 0 Å². The first kappa shape index (κ1) is 21.9. The lowest BCUT2D eigenvalue weighted by atomic mass is 10.2. The molecule has 0 saturated carbocycles. The lowest BCUT2D eigenvalue weighted by Crippen LogP contribution is -2.49. The smallest absolute Gasteiger partial charge is 0.338 e. The van der Waals surface area contributed by atoms with E-state index in [2.05, 4.69) is 15.2 Å². The van der Waals surface area contributed by atoms with Crippen LogP contribution in [0.25, 0.3) is 5.82 Å². The van der Waals surface area contributed by atoms with Gasteiger partial charge in [0, 0.05) is 38.6 Å². The summed E-state index contributed by atoms with van der Waals surface area (Å²) in [6.07, 6.45) is 3.52. The van der Waals surface area contributed by atoms with Crippen molar-refractivity contribution in [2.45, 2.75) is 18.7 Å². The molecule has 3 aromatic rings. The highest BCUT2D eigenvalue weighted by atomic mass is 32.2. The second-order valence-corrected chi connectivity index (χ2v) is 9.17. The third-order valence-electron chi connectivity index (χ3n) is 5.27. The van der Waals surface area contributed by atoms with Crippen molar-refractivity contribution >= 4 is 21.8 Å². The number of nitrogens with zero attached hydrogens (tertiary/aromatic N) is 6. The van der Waals surface area contributed by atoms with Crippen molar-refractivity contribution in [3.05, 3.63) is 60.2 Å². The monoisotopic (exact) mass is 456 g/mol. The van der Waals surface area contributed by atoms with Gasteiger partial charge >= 0.3 is 5.97 Å². The van der Waals surface area contributed by atoms with Crippen molar-refractivity contribution in [1.82, 2.24) is 24.1 Å². The minimum Gasteiger partial charge on any atom is -0.462 e. The largest absolute Gasteiger partial charge is 0.462 e. The first-order valence-corrected chi connectivity index (χ1v) is 11.7. The standard InChI is InChI=1S/C21H24N6O4S/c1-3-31-21(28)17-4-6-18(7-5-17)32(29,30)26-14-12-25(13-15-26)19-8-9-20(24-23-19)27-11-10-22-16(27)2/h4-11H,3,12-15H2,1-2H3. The van der Waals surface area contributed by atoms with Crippen molar-refractivity contribution < 1.29 is 17.9 Å². The number of rotatable bonds is 6. The summed E-state index contributed by atoms with van der Waals surface area (Å²) in [5.74, 6) is 1.72. The molecule has 0 bridgehead atoms. The Kier molecular flexibility index (Phi) is 6.19. The second kappa shape index (κ2) is 9.05. The molecule has 2 aromatic heterocycles. The van der Waals surface area contributed by atoms with Crippen LogP contribution >= 0.6 is 0 Å². The molecule has 0 spiro atoms. The fourth-order valence-electron chi connectivity index (χ4n) is 3.52. The highest BCUT2D eigenvalue weighted by molar-refractivity contribution is 7.89. The van der Waals surface area contributed by atoms with Gasteiger partial charge in [-0.15, -0.1) is 10.2 Å². The Bertz CT molecular complexity index is 1180. The molecule has 0 N–H and O–H groups in total. The zero-order valence-electron chi connectivity index (χ0n) is 17.9.